The van der Waals surface area contributed by atoms with Crippen LogP contribution in [0.15, 0.2) is 60.8 Å². The quantitative estimate of drug-likeness (QED) is 0.0197. The van der Waals surface area contributed by atoms with Crippen molar-refractivity contribution in [2.24, 2.45) is 0 Å². The predicted molar refractivity (Wildman–Crippen MR) is 325 cm³/mol. The lowest BCUT2D eigenvalue weighted by atomic mass is 10.1. The topological polar surface area (TPSA) is 155 Å². The van der Waals surface area contributed by atoms with E-state index in [1.165, 1.54) is 128 Å². The Hall–Kier alpha value is -2.82. The molecule has 0 aliphatic rings. The maximum atomic E-state index is 13.0. The second-order valence-electron chi connectivity index (χ2n) is 21.6. The van der Waals surface area contributed by atoms with Crippen molar-refractivity contribution in [1.82, 2.24) is 0 Å². The van der Waals surface area contributed by atoms with Gasteiger partial charge in [-0.25, -0.2) is 4.57 Å². The summed E-state index contributed by atoms with van der Waals surface area (Å²) in [5.74, 6) is -1.48. The number of allylic oxidation sites excluding steroid dienone is 10. The Morgan fingerprint density at radius 2 is 0.628 bits per heavy atom. The zero-order valence-electron chi connectivity index (χ0n) is 50.4. The van der Waals surface area contributed by atoms with Gasteiger partial charge in [0, 0.05) is 19.3 Å². The van der Waals surface area contributed by atoms with Gasteiger partial charge in [0.15, 0.2) is 6.10 Å². The van der Waals surface area contributed by atoms with Gasteiger partial charge < -0.3 is 24.2 Å². The van der Waals surface area contributed by atoms with Crippen LogP contribution < -0.4 is 0 Å². The third-order valence-electron chi connectivity index (χ3n) is 13.9. The zero-order chi connectivity index (χ0) is 56.9. The van der Waals surface area contributed by atoms with Gasteiger partial charge in [0.2, 0.25) is 0 Å². The van der Waals surface area contributed by atoms with Crippen molar-refractivity contribution in [1.29, 1.82) is 0 Å². The van der Waals surface area contributed by atoms with Gasteiger partial charge >= 0.3 is 25.7 Å². The molecule has 0 amide bonds. The number of aliphatic hydroxyl groups is 1. The average Bonchev–Trinajstić information content (AvgIpc) is 3.43. The summed E-state index contributed by atoms with van der Waals surface area (Å²) >= 11 is 0. The van der Waals surface area contributed by atoms with E-state index in [4.69, 9.17) is 23.3 Å². The van der Waals surface area contributed by atoms with E-state index in [0.717, 1.165) is 116 Å². The monoisotopic (exact) mass is 1120 g/mol. The zero-order valence-corrected chi connectivity index (χ0v) is 51.3. The van der Waals surface area contributed by atoms with E-state index in [1.807, 2.05) is 0 Å². The second-order valence-corrected chi connectivity index (χ2v) is 23.0. The first kappa shape index (κ1) is 75.2. The molecule has 0 aromatic rings. The van der Waals surface area contributed by atoms with Crippen LogP contribution in [0.2, 0.25) is 0 Å². The van der Waals surface area contributed by atoms with Gasteiger partial charge in [-0.05, 0) is 109 Å². The van der Waals surface area contributed by atoms with E-state index in [9.17, 15) is 28.9 Å². The number of phosphoric acid groups is 1. The molecule has 0 bridgehead atoms. The molecule has 0 aliphatic carbocycles. The smallest absolute Gasteiger partial charge is 0.462 e. The first-order valence-corrected chi connectivity index (χ1v) is 33.7. The second kappa shape index (κ2) is 60.3. The van der Waals surface area contributed by atoms with E-state index in [2.05, 4.69) is 81.5 Å². The van der Waals surface area contributed by atoms with E-state index >= 15 is 0 Å². The molecule has 2 N–H and O–H groups in total. The Morgan fingerprint density at radius 3 is 1.00 bits per heavy atom. The number of carbonyl (C=O) groups excluding carboxylic acids is 3. The summed E-state index contributed by atoms with van der Waals surface area (Å²) in [6, 6.07) is 0. The molecule has 0 aromatic carbocycles. The number of phosphoric ester groups is 1. The van der Waals surface area contributed by atoms with Gasteiger partial charge in [-0.2, -0.15) is 0 Å². The lowest BCUT2D eigenvalue weighted by Crippen LogP contribution is -2.30. The molecule has 0 rings (SSSR count). The molecule has 78 heavy (non-hydrogen) atoms. The highest BCUT2D eigenvalue weighted by Crippen LogP contribution is 2.43. The molecule has 0 spiro atoms. The fourth-order valence-corrected chi connectivity index (χ4v) is 9.73. The van der Waals surface area contributed by atoms with Gasteiger partial charge in [0.1, 0.15) is 12.7 Å². The molecule has 0 aromatic heterocycles. The molecular formula is C66H119O11P. The van der Waals surface area contributed by atoms with Crippen LogP contribution in [0.4, 0.5) is 0 Å². The first-order valence-electron chi connectivity index (χ1n) is 32.2. The Labute approximate surface area is 478 Å². The van der Waals surface area contributed by atoms with Crippen LogP contribution in [0.25, 0.3) is 0 Å². The van der Waals surface area contributed by atoms with Crippen molar-refractivity contribution in [3.05, 3.63) is 60.8 Å². The van der Waals surface area contributed by atoms with Crippen LogP contribution in [0, 0.1) is 0 Å². The summed E-state index contributed by atoms with van der Waals surface area (Å²) in [5, 5.41) is 9.84. The third kappa shape index (κ3) is 57.9. The highest BCUT2D eigenvalue weighted by atomic mass is 31.2. The molecule has 12 heteroatoms. The number of ether oxygens (including phenoxy) is 3. The van der Waals surface area contributed by atoms with E-state index in [-0.39, 0.29) is 25.9 Å². The van der Waals surface area contributed by atoms with Crippen LogP contribution in [0.1, 0.15) is 303 Å². The highest BCUT2D eigenvalue weighted by Gasteiger charge is 2.28. The standard InChI is InChI=1S/C66H119O11P/c1-4-7-10-13-16-19-22-25-28-30-31-33-36-39-42-45-48-51-54-57-66(70)77-63(59-73-64(68)55-52-49-46-43-40-37-35-32-29-26-23-20-17-14-11-8-5-2)61-75-78(71,72)74-60-62(58-67)76-65(69)56-53-50-47-44-41-38-34-27-24-21-18-15-12-9-6-3/h16,19,25-29,31,33-34,62-63,67H,4-15,17-18,20-24,30,32,35-61H2,1-3H3,(H,71,72)/b19-16-,28-25-,29-26-,33-31-,34-27-. The molecule has 0 fully saturated rings. The SMILES string of the molecule is CCCCC/C=C\C/C=C\C/C=C\CCCCCCCCC(=O)OC(COC(=O)CCCCCCCCC/C=C\CCCCCCCC)COP(=O)(O)OCC(CO)OC(=O)CCCCCCC/C=C\CCCCCCCC. The minimum absolute atomic E-state index is 0.152. The van der Waals surface area contributed by atoms with Gasteiger partial charge in [-0.1, -0.05) is 236 Å². The molecule has 0 aliphatic heterocycles. The molecule has 0 saturated carbocycles. The Morgan fingerprint density at radius 1 is 0.359 bits per heavy atom. The molecule has 0 radical (unpaired) electrons. The Balaban J connectivity index is 4.73. The summed E-state index contributed by atoms with van der Waals surface area (Å²) in [4.78, 5) is 48.7. The van der Waals surface area contributed by atoms with Gasteiger partial charge in [-0.3, -0.25) is 23.4 Å². The molecular weight excluding hydrogens is 1000 g/mol. The molecule has 3 atom stereocenters. The number of unbranched alkanes of at least 4 members (excludes halogenated alkanes) is 33. The third-order valence-corrected chi connectivity index (χ3v) is 14.8. The lowest BCUT2D eigenvalue weighted by Gasteiger charge is -2.21. The lowest BCUT2D eigenvalue weighted by molar-refractivity contribution is -0.161. The van der Waals surface area contributed by atoms with Crippen molar-refractivity contribution in [2.45, 2.75) is 315 Å². The molecule has 11 nitrogen and oxygen atoms in total. The van der Waals surface area contributed by atoms with Gasteiger partial charge in [0.25, 0.3) is 0 Å². The van der Waals surface area contributed by atoms with E-state index in [1.54, 1.807) is 0 Å². The summed E-state index contributed by atoms with van der Waals surface area (Å²) in [6.07, 6.45) is 67.3. The van der Waals surface area contributed by atoms with Crippen molar-refractivity contribution in [3.8, 4) is 0 Å². The van der Waals surface area contributed by atoms with Crippen LogP contribution >= 0.6 is 7.82 Å². The van der Waals surface area contributed by atoms with Gasteiger partial charge in [0.05, 0.1) is 19.8 Å². The van der Waals surface area contributed by atoms with E-state index in [0.29, 0.717) is 19.3 Å². The van der Waals surface area contributed by atoms with Crippen molar-refractivity contribution in [2.75, 3.05) is 26.4 Å². The van der Waals surface area contributed by atoms with Crippen LogP contribution in [-0.2, 0) is 42.2 Å². The predicted octanol–water partition coefficient (Wildman–Crippen LogP) is 19.5. The molecule has 454 valence electrons. The Kier molecular flexibility index (Phi) is 58.1. The number of rotatable bonds is 60. The highest BCUT2D eigenvalue weighted by molar-refractivity contribution is 7.47. The Bertz CT molecular complexity index is 1540. The van der Waals surface area contributed by atoms with Gasteiger partial charge in [-0.15, -0.1) is 0 Å². The maximum Gasteiger partial charge on any atom is 0.472 e. The van der Waals surface area contributed by atoms with Crippen LogP contribution in [-0.4, -0.2) is 66.5 Å². The van der Waals surface area contributed by atoms with Crippen molar-refractivity contribution < 1.29 is 52.2 Å². The fraction of sp³-hybridized carbons (Fsp3) is 0.803. The average molecular weight is 1120 g/mol. The number of hydrogen-bond acceptors (Lipinski definition) is 10. The molecule has 3 unspecified atom stereocenters. The number of aliphatic hydroxyl groups excluding tert-OH is 1. The summed E-state index contributed by atoms with van der Waals surface area (Å²) in [6.45, 7) is 4.62. The summed E-state index contributed by atoms with van der Waals surface area (Å²) in [5.41, 5.74) is 0. The number of esters is 3. The summed E-state index contributed by atoms with van der Waals surface area (Å²) in [7, 11) is -4.76. The van der Waals surface area contributed by atoms with Crippen molar-refractivity contribution >= 4 is 25.7 Å². The maximum absolute atomic E-state index is 13.0. The summed E-state index contributed by atoms with van der Waals surface area (Å²) < 4.78 is 39.7. The normalized spacial score (nSPS) is 13.7. The molecule has 0 saturated heterocycles. The first-order chi connectivity index (χ1) is 38.2. The minimum atomic E-state index is -4.76. The number of carbonyl (C=O) groups is 3. The molecule has 0 heterocycles. The fourth-order valence-electron chi connectivity index (χ4n) is 8.94. The largest absolute Gasteiger partial charge is 0.472 e. The number of hydrogen-bond donors (Lipinski definition) is 2. The van der Waals surface area contributed by atoms with E-state index < -0.39 is 57.8 Å². The minimum Gasteiger partial charge on any atom is -0.462 e. The van der Waals surface area contributed by atoms with Crippen LogP contribution in [0.3, 0.4) is 0 Å². The van der Waals surface area contributed by atoms with Crippen molar-refractivity contribution in [3.63, 3.8) is 0 Å². The van der Waals surface area contributed by atoms with Crippen LogP contribution in [0.5, 0.6) is 0 Å².